The van der Waals surface area contributed by atoms with Gasteiger partial charge < -0.3 is 5.32 Å². The summed E-state index contributed by atoms with van der Waals surface area (Å²) >= 11 is 0. The first-order chi connectivity index (χ1) is 7.17. The van der Waals surface area contributed by atoms with Crippen LogP contribution in [0.4, 0.5) is 4.39 Å². The molecular formula is C12H25FN2. The molecule has 0 spiro atoms. The maximum absolute atomic E-state index is 12.5. The minimum Gasteiger partial charge on any atom is -0.310 e. The van der Waals surface area contributed by atoms with Crippen molar-refractivity contribution >= 4 is 0 Å². The number of rotatable bonds is 4. The molecule has 0 bridgehead atoms. The van der Waals surface area contributed by atoms with Crippen LogP contribution >= 0.6 is 0 Å². The number of nitrogens with zero attached hydrogens (tertiary/aromatic N) is 1. The van der Waals surface area contributed by atoms with Gasteiger partial charge in [0.2, 0.25) is 0 Å². The lowest BCUT2D eigenvalue weighted by molar-refractivity contribution is 0.149. The highest BCUT2D eigenvalue weighted by molar-refractivity contribution is 4.92. The zero-order valence-electron chi connectivity index (χ0n) is 10.4. The molecule has 0 aliphatic carbocycles. The van der Waals surface area contributed by atoms with E-state index in [-0.39, 0.29) is 12.2 Å². The zero-order chi connectivity index (χ0) is 11.3. The highest BCUT2D eigenvalue weighted by atomic mass is 19.1. The first kappa shape index (κ1) is 12.9. The van der Waals surface area contributed by atoms with Crippen molar-refractivity contribution in [3.63, 3.8) is 0 Å². The Bertz CT molecular complexity index is 180. The van der Waals surface area contributed by atoms with Gasteiger partial charge in [-0.25, -0.2) is 4.39 Å². The molecule has 0 aromatic heterocycles. The van der Waals surface area contributed by atoms with Crippen LogP contribution in [0.25, 0.3) is 0 Å². The van der Waals surface area contributed by atoms with E-state index in [9.17, 15) is 4.39 Å². The minimum atomic E-state index is -0.228. The molecule has 1 unspecified atom stereocenters. The van der Waals surface area contributed by atoms with Crippen LogP contribution < -0.4 is 5.32 Å². The van der Waals surface area contributed by atoms with Gasteiger partial charge in [-0.15, -0.1) is 0 Å². The number of nitrogens with one attached hydrogen (secondary N) is 1. The van der Waals surface area contributed by atoms with Crippen molar-refractivity contribution in [3.05, 3.63) is 0 Å². The molecule has 2 nitrogen and oxygen atoms in total. The van der Waals surface area contributed by atoms with E-state index >= 15 is 0 Å². The molecule has 1 heterocycles. The summed E-state index contributed by atoms with van der Waals surface area (Å²) in [5.41, 5.74) is 0.208. The maximum Gasteiger partial charge on any atom is 0.102 e. The third-order valence-electron chi connectivity index (χ3n) is 3.92. The van der Waals surface area contributed by atoms with Gasteiger partial charge in [0.25, 0.3) is 0 Å². The van der Waals surface area contributed by atoms with E-state index in [1.54, 1.807) is 0 Å². The fourth-order valence-electron chi connectivity index (χ4n) is 2.46. The summed E-state index contributed by atoms with van der Waals surface area (Å²) in [5, 5.41) is 3.65. The van der Waals surface area contributed by atoms with Crippen molar-refractivity contribution in [3.8, 4) is 0 Å². The number of halogens is 1. The van der Waals surface area contributed by atoms with Crippen LogP contribution in [-0.4, -0.2) is 42.8 Å². The monoisotopic (exact) mass is 216 g/mol. The normalized spacial score (nSPS) is 27.6. The Labute approximate surface area is 93.2 Å². The molecule has 0 aromatic rings. The highest BCUT2D eigenvalue weighted by Crippen LogP contribution is 2.22. The van der Waals surface area contributed by atoms with E-state index in [4.69, 9.17) is 0 Å². The molecule has 1 fully saturated rings. The average molecular weight is 216 g/mol. The Kier molecular flexibility index (Phi) is 5.00. The second kappa shape index (κ2) is 5.80. The summed E-state index contributed by atoms with van der Waals surface area (Å²) in [6.07, 6.45) is 3.37. The predicted molar refractivity (Wildman–Crippen MR) is 62.9 cm³/mol. The van der Waals surface area contributed by atoms with Crippen molar-refractivity contribution in [2.45, 2.75) is 51.6 Å². The average Bonchev–Trinajstić information content (AvgIpc) is 2.40. The van der Waals surface area contributed by atoms with E-state index in [0.717, 1.165) is 32.4 Å². The summed E-state index contributed by atoms with van der Waals surface area (Å²) in [6, 6.07) is 0.508. The first-order valence-electron chi connectivity index (χ1n) is 6.22. The molecule has 15 heavy (non-hydrogen) atoms. The van der Waals surface area contributed by atoms with E-state index in [2.05, 4.69) is 31.0 Å². The molecule has 0 saturated carbocycles. The molecular weight excluding hydrogens is 191 g/mol. The summed E-state index contributed by atoms with van der Waals surface area (Å²) in [4.78, 5) is 2.30. The zero-order valence-corrected chi connectivity index (χ0v) is 10.4. The molecule has 3 heteroatoms. The Morgan fingerprint density at radius 2 is 2.07 bits per heavy atom. The Balaban J connectivity index is 2.69. The fourth-order valence-corrected chi connectivity index (χ4v) is 2.46. The third-order valence-corrected chi connectivity index (χ3v) is 3.92. The molecule has 90 valence electrons. The summed E-state index contributed by atoms with van der Waals surface area (Å²) in [5.74, 6) is 0. The van der Waals surface area contributed by atoms with Crippen molar-refractivity contribution in [1.82, 2.24) is 10.2 Å². The standard InChI is InChI=1S/C12H25FN2/c1-4-12(5-2)10-15(9-7-13)11(3)6-8-14-12/h11,14H,4-10H2,1-3H3. The van der Waals surface area contributed by atoms with E-state index in [1.807, 2.05) is 0 Å². The van der Waals surface area contributed by atoms with Gasteiger partial charge in [0.1, 0.15) is 6.67 Å². The second-order valence-corrected chi connectivity index (χ2v) is 4.71. The van der Waals surface area contributed by atoms with Crippen molar-refractivity contribution in [1.29, 1.82) is 0 Å². The number of hydrogen-bond acceptors (Lipinski definition) is 2. The largest absolute Gasteiger partial charge is 0.310 e. The van der Waals surface area contributed by atoms with E-state index in [1.165, 1.54) is 0 Å². The van der Waals surface area contributed by atoms with Crippen molar-refractivity contribution in [2.75, 3.05) is 26.3 Å². The summed E-state index contributed by atoms with van der Waals surface area (Å²) < 4.78 is 12.5. The molecule has 1 N–H and O–H groups in total. The van der Waals surface area contributed by atoms with Gasteiger partial charge in [-0.2, -0.15) is 0 Å². The first-order valence-corrected chi connectivity index (χ1v) is 6.22. The quantitative estimate of drug-likeness (QED) is 0.775. The van der Waals surface area contributed by atoms with Gasteiger partial charge >= 0.3 is 0 Å². The lowest BCUT2D eigenvalue weighted by Gasteiger charge is -2.36. The smallest absolute Gasteiger partial charge is 0.102 e. The minimum absolute atomic E-state index is 0.208. The van der Waals surface area contributed by atoms with Gasteiger partial charge in [0.15, 0.2) is 0 Å². The molecule has 1 aliphatic heterocycles. The lowest BCUT2D eigenvalue weighted by Crippen LogP contribution is -2.51. The molecule has 1 rings (SSSR count). The Morgan fingerprint density at radius 1 is 1.40 bits per heavy atom. The molecule has 1 aliphatic rings. The second-order valence-electron chi connectivity index (χ2n) is 4.71. The molecule has 1 saturated heterocycles. The van der Waals surface area contributed by atoms with Crippen LogP contribution in [0.2, 0.25) is 0 Å². The topological polar surface area (TPSA) is 15.3 Å². The number of hydrogen-bond donors (Lipinski definition) is 1. The van der Waals surface area contributed by atoms with Gasteiger partial charge in [0.05, 0.1) is 0 Å². The molecule has 0 aromatic carbocycles. The highest BCUT2D eigenvalue weighted by Gasteiger charge is 2.32. The van der Waals surface area contributed by atoms with E-state index < -0.39 is 0 Å². The van der Waals surface area contributed by atoms with Gasteiger partial charge in [-0.1, -0.05) is 13.8 Å². The predicted octanol–water partition coefficient (Wildman–Crippen LogP) is 2.20. The van der Waals surface area contributed by atoms with Crippen LogP contribution in [0.15, 0.2) is 0 Å². The van der Waals surface area contributed by atoms with Crippen LogP contribution in [0.1, 0.15) is 40.0 Å². The van der Waals surface area contributed by atoms with Crippen LogP contribution in [-0.2, 0) is 0 Å². The van der Waals surface area contributed by atoms with Gasteiger partial charge in [0, 0.05) is 24.7 Å². The third kappa shape index (κ3) is 3.15. The maximum atomic E-state index is 12.5. The van der Waals surface area contributed by atoms with Gasteiger partial charge in [-0.05, 0) is 32.7 Å². The molecule has 1 atom stereocenters. The Hall–Kier alpha value is -0.150. The summed E-state index contributed by atoms with van der Waals surface area (Å²) in [6.45, 7) is 9.06. The fraction of sp³-hybridized carbons (Fsp3) is 1.00. The summed E-state index contributed by atoms with van der Waals surface area (Å²) in [7, 11) is 0. The molecule has 0 amide bonds. The number of alkyl halides is 1. The Morgan fingerprint density at radius 3 is 2.60 bits per heavy atom. The van der Waals surface area contributed by atoms with Crippen molar-refractivity contribution < 1.29 is 4.39 Å². The van der Waals surface area contributed by atoms with Crippen LogP contribution in [0, 0.1) is 0 Å². The van der Waals surface area contributed by atoms with Crippen molar-refractivity contribution in [2.24, 2.45) is 0 Å². The SMILES string of the molecule is CCC1(CC)CN(CCF)C(C)CCN1. The lowest BCUT2D eigenvalue weighted by atomic mass is 9.92. The van der Waals surface area contributed by atoms with E-state index in [0.29, 0.717) is 12.6 Å². The van der Waals surface area contributed by atoms with Gasteiger partial charge in [-0.3, -0.25) is 4.90 Å². The van der Waals surface area contributed by atoms with Crippen LogP contribution in [0.5, 0.6) is 0 Å². The molecule has 0 radical (unpaired) electrons. The van der Waals surface area contributed by atoms with Crippen LogP contribution in [0.3, 0.4) is 0 Å².